The summed E-state index contributed by atoms with van der Waals surface area (Å²) in [5, 5.41) is 32.4. The van der Waals surface area contributed by atoms with Crippen molar-refractivity contribution in [1.29, 1.82) is 0 Å². The van der Waals surface area contributed by atoms with E-state index in [9.17, 15) is 15.2 Å². The highest BCUT2D eigenvalue weighted by atomic mass is 16.6. The molecular weight excluding hydrogens is 256 g/mol. The van der Waals surface area contributed by atoms with E-state index >= 15 is 0 Å². The Morgan fingerprint density at radius 3 is 2.89 bits per heavy atom. The molecule has 3 N–H and O–H groups in total. The van der Waals surface area contributed by atoms with Gasteiger partial charge in [-0.25, -0.2) is 4.63 Å². The quantitative estimate of drug-likeness (QED) is 0.446. The van der Waals surface area contributed by atoms with Crippen molar-refractivity contribution < 1.29 is 14.7 Å². The molecule has 10 nitrogen and oxygen atoms in total. The maximum Gasteiger partial charge on any atom is 0.270 e. The highest BCUT2D eigenvalue weighted by Crippen LogP contribution is 2.19. The van der Waals surface area contributed by atoms with Gasteiger partial charge in [-0.3, -0.25) is 15.5 Å². The highest BCUT2D eigenvalue weighted by Gasteiger charge is 2.06. The number of aromatic nitrogens is 2. The van der Waals surface area contributed by atoms with Crippen molar-refractivity contribution in [2.24, 2.45) is 5.10 Å². The molecule has 10 heteroatoms. The minimum atomic E-state index is -0.607. The van der Waals surface area contributed by atoms with Crippen LogP contribution in [0.1, 0.15) is 5.56 Å². The first kappa shape index (κ1) is 12.3. The monoisotopic (exact) mass is 263 g/mol. The number of non-ortho nitro benzene ring substituents is 1. The van der Waals surface area contributed by atoms with E-state index in [2.05, 4.69) is 25.5 Å². The summed E-state index contributed by atoms with van der Waals surface area (Å²) in [6.45, 7) is 0. The van der Waals surface area contributed by atoms with E-state index in [0.717, 1.165) is 24.4 Å². The highest BCUT2D eigenvalue weighted by molar-refractivity contribution is 5.84. The molecule has 0 spiro atoms. The van der Waals surface area contributed by atoms with Gasteiger partial charge in [0.2, 0.25) is 11.6 Å². The molecule has 98 valence electrons. The van der Waals surface area contributed by atoms with Crippen LogP contribution in [-0.4, -0.2) is 21.5 Å². The van der Waals surface area contributed by atoms with Gasteiger partial charge in [0.05, 0.1) is 11.1 Å². The summed E-state index contributed by atoms with van der Waals surface area (Å²) in [6, 6.07) is 3.32. The smallest absolute Gasteiger partial charge is 0.270 e. The second-order valence-electron chi connectivity index (χ2n) is 3.35. The lowest BCUT2D eigenvalue weighted by Gasteiger charge is -2.08. The number of benzene rings is 1. The first-order valence-corrected chi connectivity index (χ1v) is 4.90. The van der Waals surface area contributed by atoms with Gasteiger partial charge in [0.25, 0.3) is 5.69 Å². The Morgan fingerprint density at radius 1 is 1.47 bits per heavy atom. The molecule has 0 saturated carbocycles. The number of nitrogen functional groups attached to an aromatic ring is 1. The lowest BCUT2D eigenvalue weighted by molar-refractivity contribution is -0.385. The van der Waals surface area contributed by atoms with Gasteiger partial charge in [0.1, 0.15) is 0 Å². The van der Waals surface area contributed by atoms with E-state index in [1.807, 2.05) is 0 Å². The van der Waals surface area contributed by atoms with Crippen LogP contribution < -0.4 is 16.3 Å². The van der Waals surface area contributed by atoms with E-state index in [4.69, 9.17) is 5.73 Å². The SMILES string of the molecule is Nc1nonc1N/N=C\c1cc([N+](=O)[O-])ccc1[O-]. The summed E-state index contributed by atoms with van der Waals surface area (Å²) < 4.78 is 4.31. The van der Waals surface area contributed by atoms with Gasteiger partial charge < -0.3 is 10.8 Å². The Kier molecular flexibility index (Phi) is 3.23. The number of rotatable bonds is 4. The number of nitrogens with zero attached hydrogens (tertiary/aromatic N) is 4. The van der Waals surface area contributed by atoms with Crippen molar-refractivity contribution in [3.63, 3.8) is 0 Å². The molecule has 0 saturated heterocycles. The summed E-state index contributed by atoms with van der Waals surface area (Å²) in [5.74, 6) is -0.324. The normalized spacial score (nSPS) is 10.7. The largest absolute Gasteiger partial charge is 0.872 e. The summed E-state index contributed by atoms with van der Waals surface area (Å²) in [5.41, 5.74) is 7.59. The summed E-state index contributed by atoms with van der Waals surface area (Å²) in [6.07, 6.45) is 1.11. The first-order valence-electron chi connectivity index (χ1n) is 4.90. The van der Waals surface area contributed by atoms with Crippen LogP contribution in [-0.2, 0) is 0 Å². The molecular formula is C9H7N6O4-. The predicted octanol–water partition coefficient (Wildman–Crippen LogP) is 0.0796. The van der Waals surface area contributed by atoms with Gasteiger partial charge in [-0.1, -0.05) is 11.8 Å². The van der Waals surface area contributed by atoms with Crippen LogP contribution in [0.4, 0.5) is 17.3 Å². The molecule has 0 aliphatic heterocycles. The Labute approximate surface area is 105 Å². The average molecular weight is 263 g/mol. The number of hydrazone groups is 1. The topological polar surface area (TPSA) is 156 Å². The summed E-state index contributed by atoms with van der Waals surface area (Å²) >= 11 is 0. The van der Waals surface area contributed by atoms with Gasteiger partial charge >= 0.3 is 0 Å². The van der Waals surface area contributed by atoms with E-state index in [1.165, 1.54) is 0 Å². The molecule has 2 aromatic rings. The molecule has 0 bridgehead atoms. The van der Waals surface area contributed by atoms with Crippen molar-refractivity contribution in [3.05, 3.63) is 33.9 Å². The molecule has 0 aliphatic rings. The number of nitro groups is 1. The van der Waals surface area contributed by atoms with Crippen LogP contribution >= 0.6 is 0 Å². The van der Waals surface area contributed by atoms with E-state index in [0.29, 0.717) is 0 Å². The summed E-state index contributed by atoms with van der Waals surface area (Å²) in [4.78, 5) is 9.96. The van der Waals surface area contributed by atoms with Crippen LogP contribution in [0.25, 0.3) is 0 Å². The third-order valence-electron chi connectivity index (χ3n) is 2.09. The maximum absolute atomic E-state index is 11.4. The van der Waals surface area contributed by atoms with Crippen LogP contribution in [0.15, 0.2) is 27.9 Å². The second-order valence-corrected chi connectivity index (χ2v) is 3.35. The van der Waals surface area contributed by atoms with Gasteiger partial charge in [0, 0.05) is 12.1 Å². The number of anilines is 2. The molecule has 1 aromatic heterocycles. The lowest BCUT2D eigenvalue weighted by atomic mass is 10.2. The standard InChI is InChI=1S/C9H8N6O4/c10-8-9(14-19-13-8)12-11-4-5-3-6(15(17)18)1-2-7(5)16/h1-4,16H,(H2,10,13)(H,12,14)/p-1/b11-4-. The first-order chi connectivity index (χ1) is 9.08. The van der Waals surface area contributed by atoms with Crippen molar-refractivity contribution in [3.8, 4) is 5.75 Å². The predicted molar refractivity (Wildman–Crippen MR) is 62.5 cm³/mol. The number of hydrogen-bond acceptors (Lipinski definition) is 9. The molecule has 1 aromatic carbocycles. The minimum Gasteiger partial charge on any atom is -0.872 e. The molecule has 0 amide bonds. The maximum atomic E-state index is 11.4. The molecule has 2 rings (SSSR count). The fourth-order valence-electron chi connectivity index (χ4n) is 1.19. The van der Waals surface area contributed by atoms with Gasteiger partial charge in [-0.2, -0.15) is 5.10 Å². The van der Waals surface area contributed by atoms with Gasteiger partial charge in [-0.05, 0) is 15.9 Å². The van der Waals surface area contributed by atoms with Crippen LogP contribution in [0.5, 0.6) is 5.75 Å². The lowest BCUT2D eigenvalue weighted by Crippen LogP contribution is -2.00. The average Bonchev–Trinajstić information content (AvgIpc) is 2.77. The van der Waals surface area contributed by atoms with Gasteiger partial charge in [0.15, 0.2) is 0 Å². The zero-order chi connectivity index (χ0) is 13.8. The minimum absolute atomic E-state index is 0.00135. The Morgan fingerprint density at radius 2 is 2.26 bits per heavy atom. The number of hydrogen-bond donors (Lipinski definition) is 2. The van der Waals surface area contributed by atoms with Crippen molar-refractivity contribution >= 4 is 23.5 Å². The number of nitro benzene ring substituents is 1. The van der Waals surface area contributed by atoms with E-state index < -0.39 is 10.7 Å². The van der Waals surface area contributed by atoms with E-state index in [-0.39, 0.29) is 22.9 Å². The van der Waals surface area contributed by atoms with Crippen LogP contribution in [0, 0.1) is 10.1 Å². The molecule has 0 aliphatic carbocycles. The van der Waals surface area contributed by atoms with Crippen molar-refractivity contribution in [2.75, 3.05) is 11.2 Å². The summed E-state index contributed by atoms with van der Waals surface area (Å²) in [7, 11) is 0. The Balaban J connectivity index is 2.16. The fourth-order valence-corrected chi connectivity index (χ4v) is 1.19. The van der Waals surface area contributed by atoms with Crippen LogP contribution in [0.2, 0.25) is 0 Å². The third kappa shape index (κ3) is 2.74. The molecule has 1 heterocycles. The fraction of sp³-hybridized carbons (Fsp3) is 0. The van der Waals surface area contributed by atoms with Crippen molar-refractivity contribution in [1.82, 2.24) is 10.3 Å². The van der Waals surface area contributed by atoms with E-state index in [1.54, 1.807) is 0 Å². The number of nitrogens with two attached hydrogens (primary N) is 1. The Hall–Kier alpha value is -3.17. The second kappa shape index (κ2) is 5.00. The van der Waals surface area contributed by atoms with Crippen LogP contribution in [0.3, 0.4) is 0 Å². The molecule has 0 fully saturated rings. The number of nitrogens with one attached hydrogen (secondary N) is 1. The van der Waals surface area contributed by atoms with Crippen molar-refractivity contribution in [2.45, 2.75) is 0 Å². The zero-order valence-corrected chi connectivity index (χ0v) is 9.31. The van der Waals surface area contributed by atoms with Gasteiger partial charge in [-0.15, -0.1) is 0 Å². The third-order valence-corrected chi connectivity index (χ3v) is 2.09. The molecule has 0 atom stereocenters. The molecule has 0 unspecified atom stereocenters. The zero-order valence-electron chi connectivity index (χ0n) is 9.31. The Bertz CT molecular complexity index is 637. The molecule has 19 heavy (non-hydrogen) atoms. The molecule has 0 radical (unpaired) electrons.